The van der Waals surface area contributed by atoms with Crippen LogP contribution in [0.5, 0.6) is 0 Å². The van der Waals surface area contributed by atoms with Crippen LogP contribution in [0.3, 0.4) is 0 Å². The van der Waals surface area contributed by atoms with Crippen molar-refractivity contribution in [3.63, 3.8) is 0 Å². The molecule has 0 spiro atoms. The predicted octanol–water partition coefficient (Wildman–Crippen LogP) is 3.65. The number of rotatable bonds is 4. The van der Waals surface area contributed by atoms with Crippen LogP contribution in [0.15, 0.2) is 53.4 Å². The summed E-state index contributed by atoms with van der Waals surface area (Å²) >= 11 is 0. The van der Waals surface area contributed by atoms with Crippen molar-refractivity contribution >= 4 is 32.1 Å². The zero-order valence-electron chi connectivity index (χ0n) is 15.4. The molecule has 0 atom stereocenters. The third-order valence-corrected chi connectivity index (χ3v) is 5.33. The van der Waals surface area contributed by atoms with Gasteiger partial charge in [0, 0.05) is 23.0 Å². The molecule has 0 saturated heterocycles. The Morgan fingerprint density at radius 3 is 2.45 bits per heavy atom. The fourth-order valence-corrected chi connectivity index (χ4v) is 3.49. The van der Waals surface area contributed by atoms with E-state index in [9.17, 15) is 21.6 Å². The molecule has 0 saturated carbocycles. The molecule has 0 unspecified atom stereocenters. The van der Waals surface area contributed by atoms with Gasteiger partial charge in [0.25, 0.3) is 0 Å². The molecule has 29 heavy (non-hydrogen) atoms. The maximum absolute atomic E-state index is 13.0. The first kappa shape index (κ1) is 20.6. The molecule has 0 bridgehead atoms. The Balaban J connectivity index is 1.81. The monoisotopic (exact) mass is 421 g/mol. The molecule has 0 fully saturated rings. The van der Waals surface area contributed by atoms with Crippen molar-refractivity contribution in [1.29, 1.82) is 0 Å². The van der Waals surface area contributed by atoms with Gasteiger partial charge >= 0.3 is 6.18 Å². The van der Waals surface area contributed by atoms with Crippen molar-refractivity contribution in [2.45, 2.75) is 17.6 Å². The van der Waals surface area contributed by atoms with Gasteiger partial charge in [-0.2, -0.15) is 13.2 Å². The molecule has 9 heteroatoms. The zero-order chi connectivity index (χ0) is 21.2. The molecular formula is C20H18F3N3O2S. The fraction of sp³-hybridized carbons (Fsp3) is 0.200. The van der Waals surface area contributed by atoms with Gasteiger partial charge in [-0.1, -0.05) is 12.0 Å². The van der Waals surface area contributed by atoms with Gasteiger partial charge in [-0.15, -0.1) is 0 Å². The lowest BCUT2D eigenvalue weighted by Gasteiger charge is -2.11. The van der Waals surface area contributed by atoms with Gasteiger partial charge < -0.3 is 15.6 Å². The molecule has 152 valence electrons. The molecule has 1 heterocycles. The third kappa shape index (κ3) is 5.03. The minimum atomic E-state index is -4.40. The van der Waals surface area contributed by atoms with Crippen LogP contribution >= 0.6 is 0 Å². The highest BCUT2D eigenvalue weighted by Gasteiger charge is 2.29. The summed E-state index contributed by atoms with van der Waals surface area (Å²) in [6.07, 6.45) is -3.28. The van der Waals surface area contributed by atoms with E-state index >= 15 is 0 Å². The first-order valence-electron chi connectivity index (χ1n) is 8.52. The maximum atomic E-state index is 13.0. The zero-order valence-corrected chi connectivity index (χ0v) is 16.2. The molecular weight excluding hydrogens is 403 g/mol. The van der Waals surface area contributed by atoms with Crippen LogP contribution in [0.2, 0.25) is 0 Å². The van der Waals surface area contributed by atoms with Crippen molar-refractivity contribution < 1.29 is 21.6 Å². The van der Waals surface area contributed by atoms with Gasteiger partial charge in [0.05, 0.1) is 22.7 Å². The first-order chi connectivity index (χ1) is 13.5. The van der Waals surface area contributed by atoms with E-state index in [1.54, 1.807) is 36.4 Å². The van der Waals surface area contributed by atoms with Gasteiger partial charge in [-0.3, -0.25) is 0 Å². The highest BCUT2D eigenvalue weighted by Crippen LogP contribution is 2.28. The van der Waals surface area contributed by atoms with Crippen LogP contribution in [-0.4, -0.2) is 32.0 Å². The number of nitrogens with two attached hydrogens (primary N) is 1. The Kier molecular flexibility index (Phi) is 5.48. The summed E-state index contributed by atoms with van der Waals surface area (Å²) in [5, 5.41) is 3.50. The number of nitrogens with one attached hydrogen (secondary N) is 1. The van der Waals surface area contributed by atoms with Crippen molar-refractivity contribution in [1.82, 2.24) is 4.57 Å². The molecule has 3 rings (SSSR count). The van der Waals surface area contributed by atoms with Crippen LogP contribution in [0.1, 0.15) is 5.69 Å². The van der Waals surface area contributed by atoms with Gasteiger partial charge in [0.1, 0.15) is 6.54 Å². The molecule has 2 aromatic carbocycles. The van der Waals surface area contributed by atoms with E-state index < -0.39 is 22.6 Å². The lowest BCUT2D eigenvalue weighted by atomic mass is 10.2. The molecule has 1 aromatic heterocycles. The van der Waals surface area contributed by atoms with E-state index in [2.05, 4.69) is 17.2 Å². The number of halogens is 3. The molecule has 0 amide bonds. The largest absolute Gasteiger partial charge is 0.406 e. The van der Waals surface area contributed by atoms with E-state index in [4.69, 9.17) is 5.73 Å². The first-order valence-corrected chi connectivity index (χ1v) is 10.4. The number of fused-ring (bicyclic) bond motifs is 1. The van der Waals surface area contributed by atoms with Crippen molar-refractivity contribution in [3.8, 4) is 11.8 Å². The van der Waals surface area contributed by atoms with Crippen molar-refractivity contribution in [2.75, 3.05) is 23.9 Å². The average Bonchev–Trinajstić information content (AvgIpc) is 2.96. The summed E-state index contributed by atoms with van der Waals surface area (Å²) in [7, 11) is -3.28. The normalized spacial score (nSPS) is 11.9. The number of nitrogen functional groups attached to an aromatic ring is 1. The van der Waals surface area contributed by atoms with Gasteiger partial charge in [-0.05, 0) is 48.4 Å². The van der Waals surface area contributed by atoms with Crippen LogP contribution in [0, 0.1) is 11.8 Å². The predicted molar refractivity (Wildman–Crippen MR) is 107 cm³/mol. The number of benzene rings is 2. The topological polar surface area (TPSA) is 77.1 Å². The Morgan fingerprint density at radius 2 is 1.83 bits per heavy atom. The van der Waals surface area contributed by atoms with E-state index in [0.717, 1.165) is 10.8 Å². The summed E-state index contributed by atoms with van der Waals surface area (Å²) in [6.45, 7) is -0.994. The number of aromatic nitrogens is 1. The van der Waals surface area contributed by atoms with Crippen LogP contribution < -0.4 is 11.1 Å². The highest BCUT2D eigenvalue weighted by molar-refractivity contribution is 7.90. The second-order valence-corrected chi connectivity index (χ2v) is 8.48. The number of hydrogen-bond donors (Lipinski definition) is 2. The quantitative estimate of drug-likeness (QED) is 0.498. The molecule has 0 aliphatic carbocycles. The average molecular weight is 421 g/mol. The summed E-state index contributed by atoms with van der Waals surface area (Å²) in [6, 6.07) is 12.5. The minimum absolute atomic E-state index is 0.168. The Hall–Kier alpha value is -3.12. The number of nitrogens with zero attached hydrogens (tertiary/aromatic N) is 1. The maximum Gasteiger partial charge on any atom is 0.406 e. The minimum Gasteiger partial charge on any atom is -0.398 e. The van der Waals surface area contributed by atoms with E-state index in [1.165, 1.54) is 12.1 Å². The third-order valence-electron chi connectivity index (χ3n) is 4.20. The Bertz CT molecular complexity index is 1200. The van der Waals surface area contributed by atoms with E-state index in [1.807, 2.05) is 0 Å². The Labute approximate surface area is 166 Å². The van der Waals surface area contributed by atoms with Crippen LogP contribution in [-0.2, 0) is 16.4 Å². The number of anilines is 2. The molecule has 0 radical (unpaired) electrons. The molecule has 3 N–H and O–H groups in total. The van der Waals surface area contributed by atoms with E-state index in [-0.39, 0.29) is 17.1 Å². The van der Waals surface area contributed by atoms with Gasteiger partial charge in [0.2, 0.25) is 0 Å². The highest BCUT2D eigenvalue weighted by atomic mass is 32.2. The SMILES string of the molecule is CS(=O)(=O)c1ccc(NCC#Cc2cc3c(N)cccc3n2CC(F)(F)F)cc1. The summed E-state index contributed by atoms with van der Waals surface area (Å²) in [5.74, 6) is 5.55. The van der Waals surface area contributed by atoms with Crippen molar-refractivity contribution in [3.05, 3.63) is 54.2 Å². The lowest BCUT2D eigenvalue weighted by Crippen LogP contribution is -2.18. The molecule has 0 aliphatic heterocycles. The summed E-state index contributed by atoms with van der Waals surface area (Å²) in [5.41, 5.74) is 7.49. The summed E-state index contributed by atoms with van der Waals surface area (Å²) in [4.78, 5) is 0.198. The summed E-state index contributed by atoms with van der Waals surface area (Å²) < 4.78 is 63.0. The Morgan fingerprint density at radius 1 is 1.14 bits per heavy atom. The molecule has 5 nitrogen and oxygen atoms in total. The van der Waals surface area contributed by atoms with Crippen LogP contribution in [0.25, 0.3) is 10.9 Å². The standard InChI is InChI=1S/C20H18F3N3O2S/c1-29(27,28)16-9-7-14(8-10-16)25-11-3-4-15-12-17-18(24)5-2-6-19(17)26(15)13-20(21,22)23/h2,5-10,12,25H,11,13,24H2,1H3. The second-order valence-electron chi connectivity index (χ2n) is 6.46. The van der Waals surface area contributed by atoms with Gasteiger partial charge in [0.15, 0.2) is 9.84 Å². The van der Waals surface area contributed by atoms with E-state index in [0.29, 0.717) is 22.3 Å². The van der Waals surface area contributed by atoms with Crippen molar-refractivity contribution in [2.24, 2.45) is 0 Å². The number of alkyl halides is 3. The number of hydrogen-bond acceptors (Lipinski definition) is 4. The smallest absolute Gasteiger partial charge is 0.398 e. The second kappa shape index (κ2) is 7.72. The van der Waals surface area contributed by atoms with Crippen LogP contribution in [0.4, 0.5) is 24.5 Å². The lowest BCUT2D eigenvalue weighted by molar-refractivity contribution is -0.140. The fourth-order valence-electron chi connectivity index (χ4n) is 2.86. The molecule has 3 aromatic rings. The molecule has 0 aliphatic rings. The van der Waals surface area contributed by atoms with Gasteiger partial charge in [-0.25, -0.2) is 8.42 Å². The number of sulfone groups is 1.